The maximum absolute atomic E-state index is 6.22. The van der Waals surface area contributed by atoms with Crippen LogP contribution in [0.25, 0.3) is 0 Å². The number of hydroxylamine groups is 1. The van der Waals surface area contributed by atoms with E-state index in [0.29, 0.717) is 20.2 Å². The van der Waals surface area contributed by atoms with Gasteiger partial charge in [0.05, 0.1) is 12.2 Å². The minimum absolute atomic E-state index is 0.290. The largest absolute Gasteiger partial charge is 0.478 e. The molecule has 0 amide bonds. The molecule has 0 saturated heterocycles. The Morgan fingerprint density at radius 3 is 2.04 bits per heavy atom. The third-order valence-electron chi connectivity index (χ3n) is 9.38. The monoisotopic (exact) mass is 598 g/mol. The first kappa shape index (κ1) is 26.3. The van der Waals surface area contributed by atoms with E-state index in [0.717, 1.165) is 78.2 Å². The second-order valence-electron chi connectivity index (χ2n) is 12.2. The van der Waals surface area contributed by atoms with Crippen molar-refractivity contribution in [3.63, 3.8) is 0 Å². The van der Waals surface area contributed by atoms with Crippen molar-refractivity contribution in [1.29, 1.82) is 0 Å². The average molecular weight is 599 g/mol. The Kier molecular flexibility index (Phi) is 6.33. The number of hydrogen-bond donors (Lipinski definition) is 0. The normalized spacial score (nSPS) is 20.3. The summed E-state index contributed by atoms with van der Waals surface area (Å²) in [7, 11) is 0. The standard InChI is InChI=1S/C37H34N4O4/c1-3-7-34-26(5-1)19-40(25-42-34)32-13-15-35-28(17-32)20-38(23-43-35)30-9-11-31(12-10-30)39-21-29-18-33(14-16-36(29)44-24-39)41-22-27-6-2-4-8-37(27)45-41/h1-16,18,32H,17,19-25H2. The number of ether oxygens (including phenoxy) is 3. The van der Waals surface area contributed by atoms with Crippen LogP contribution in [-0.2, 0) is 24.4 Å². The molecule has 0 N–H and O–H groups in total. The highest BCUT2D eigenvalue weighted by molar-refractivity contribution is 5.61. The van der Waals surface area contributed by atoms with Gasteiger partial charge in [-0.2, -0.15) is 0 Å². The van der Waals surface area contributed by atoms with Gasteiger partial charge in [-0.15, -0.1) is 0 Å². The number of benzene rings is 4. The van der Waals surface area contributed by atoms with Gasteiger partial charge >= 0.3 is 0 Å². The first-order valence-corrected chi connectivity index (χ1v) is 15.6. The van der Waals surface area contributed by atoms with E-state index >= 15 is 0 Å². The lowest BCUT2D eigenvalue weighted by molar-refractivity contribution is 0.0692. The smallest absolute Gasteiger partial charge is 0.161 e. The highest BCUT2D eigenvalue weighted by atomic mass is 16.7. The predicted octanol–water partition coefficient (Wildman–Crippen LogP) is 6.59. The summed E-state index contributed by atoms with van der Waals surface area (Å²) < 4.78 is 18.4. The van der Waals surface area contributed by atoms with Crippen molar-refractivity contribution in [3.8, 4) is 17.2 Å². The molecule has 5 aliphatic rings. The van der Waals surface area contributed by atoms with Crippen LogP contribution in [0.4, 0.5) is 17.1 Å². The highest BCUT2D eigenvalue weighted by Crippen LogP contribution is 2.37. The fraction of sp³-hybridized carbons (Fsp3) is 0.243. The number of allylic oxidation sites excluding steroid dienone is 1. The Balaban J connectivity index is 0.853. The van der Waals surface area contributed by atoms with Gasteiger partial charge in [-0.3, -0.25) is 4.90 Å². The van der Waals surface area contributed by atoms with Crippen molar-refractivity contribution in [3.05, 3.63) is 131 Å². The van der Waals surface area contributed by atoms with Gasteiger partial charge in [0.2, 0.25) is 0 Å². The number of rotatable bonds is 4. The van der Waals surface area contributed by atoms with Crippen molar-refractivity contribution in [2.24, 2.45) is 0 Å². The summed E-state index contributed by atoms with van der Waals surface area (Å²) in [5.41, 5.74) is 8.23. The molecular weight excluding hydrogens is 564 g/mol. The number of nitrogens with zero attached hydrogens (tertiary/aromatic N) is 4. The number of fused-ring (bicyclic) bond motifs is 3. The Morgan fingerprint density at radius 2 is 1.22 bits per heavy atom. The molecule has 1 unspecified atom stereocenters. The van der Waals surface area contributed by atoms with Crippen LogP contribution in [0.5, 0.6) is 17.2 Å². The predicted molar refractivity (Wildman–Crippen MR) is 173 cm³/mol. The van der Waals surface area contributed by atoms with Crippen molar-refractivity contribution in [2.45, 2.75) is 32.1 Å². The fourth-order valence-corrected chi connectivity index (χ4v) is 6.87. The van der Waals surface area contributed by atoms with E-state index in [1.54, 1.807) is 0 Å². The van der Waals surface area contributed by atoms with Gasteiger partial charge in [0.15, 0.2) is 19.2 Å². The molecule has 0 radical (unpaired) electrons. The van der Waals surface area contributed by atoms with Gasteiger partial charge in [0.1, 0.15) is 24.0 Å². The molecule has 4 heterocycles. The zero-order chi connectivity index (χ0) is 29.7. The second kappa shape index (κ2) is 10.8. The minimum atomic E-state index is 0.290. The molecule has 45 heavy (non-hydrogen) atoms. The Morgan fingerprint density at radius 1 is 0.556 bits per heavy atom. The van der Waals surface area contributed by atoms with Crippen molar-refractivity contribution in [2.75, 3.05) is 41.6 Å². The molecule has 8 heteroatoms. The van der Waals surface area contributed by atoms with Gasteiger partial charge in [-0.05, 0) is 72.7 Å². The van der Waals surface area contributed by atoms with E-state index in [2.05, 4.69) is 99.6 Å². The minimum Gasteiger partial charge on any atom is -0.478 e. The zero-order valence-corrected chi connectivity index (χ0v) is 25.0. The van der Waals surface area contributed by atoms with Crippen LogP contribution in [-0.4, -0.2) is 37.7 Å². The van der Waals surface area contributed by atoms with Gasteiger partial charge in [0.25, 0.3) is 0 Å². The van der Waals surface area contributed by atoms with Gasteiger partial charge in [0, 0.05) is 53.7 Å². The Bertz CT molecular complexity index is 1790. The number of hydrogen-bond acceptors (Lipinski definition) is 8. The summed E-state index contributed by atoms with van der Waals surface area (Å²) >= 11 is 0. The molecule has 0 fully saturated rings. The number of anilines is 3. The Labute approximate surface area is 262 Å². The molecular formula is C37H34N4O4. The van der Waals surface area contributed by atoms with Crippen LogP contribution < -0.4 is 29.2 Å². The lowest BCUT2D eigenvalue weighted by atomic mass is 9.96. The molecule has 0 spiro atoms. The van der Waals surface area contributed by atoms with Gasteiger partial charge < -0.3 is 28.8 Å². The van der Waals surface area contributed by atoms with Crippen LogP contribution in [0.1, 0.15) is 23.1 Å². The summed E-state index contributed by atoms with van der Waals surface area (Å²) in [5, 5.41) is 1.95. The lowest BCUT2D eigenvalue weighted by Gasteiger charge is -2.39. The Hall–Kier alpha value is -5.08. The first-order valence-electron chi connectivity index (χ1n) is 15.6. The fourth-order valence-electron chi connectivity index (χ4n) is 6.87. The van der Waals surface area contributed by atoms with Crippen LogP contribution in [0.15, 0.2) is 114 Å². The molecule has 226 valence electrons. The molecule has 1 atom stereocenters. The van der Waals surface area contributed by atoms with Crippen molar-refractivity contribution < 1.29 is 19.0 Å². The molecule has 0 bridgehead atoms. The molecule has 4 aliphatic heterocycles. The summed E-state index contributed by atoms with van der Waals surface area (Å²) in [6, 6.07) is 31.9. The van der Waals surface area contributed by atoms with Crippen molar-refractivity contribution in [1.82, 2.24) is 4.90 Å². The zero-order valence-electron chi connectivity index (χ0n) is 25.0. The molecule has 4 aromatic rings. The number of para-hydroxylation sites is 2. The first-order chi connectivity index (χ1) is 22.2. The molecule has 9 rings (SSSR count). The van der Waals surface area contributed by atoms with E-state index in [-0.39, 0.29) is 6.04 Å². The maximum Gasteiger partial charge on any atom is 0.161 e. The van der Waals surface area contributed by atoms with Crippen LogP contribution in [0.2, 0.25) is 0 Å². The molecule has 4 aromatic carbocycles. The molecule has 1 aliphatic carbocycles. The van der Waals surface area contributed by atoms with Crippen LogP contribution in [0, 0.1) is 0 Å². The summed E-state index contributed by atoms with van der Waals surface area (Å²) in [4.78, 5) is 13.1. The topological polar surface area (TPSA) is 49.9 Å². The second-order valence-corrected chi connectivity index (χ2v) is 12.2. The quantitative estimate of drug-likeness (QED) is 0.261. The van der Waals surface area contributed by atoms with E-state index in [9.17, 15) is 0 Å². The van der Waals surface area contributed by atoms with Crippen LogP contribution >= 0.6 is 0 Å². The SMILES string of the molecule is C1=CC(N2COc3ccccc3C2)CC2=C1OCN(c1ccc(N3COc4ccc(N5Cc6ccccc6O5)cc4C3)cc1)C2. The van der Waals surface area contributed by atoms with E-state index < -0.39 is 0 Å². The molecule has 8 nitrogen and oxygen atoms in total. The van der Waals surface area contributed by atoms with Gasteiger partial charge in [-0.25, -0.2) is 5.06 Å². The van der Waals surface area contributed by atoms with Crippen LogP contribution in [0.3, 0.4) is 0 Å². The summed E-state index contributed by atoms with van der Waals surface area (Å²) in [5.74, 6) is 3.86. The van der Waals surface area contributed by atoms with E-state index in [1.807, 2.05) is 23.3 Å². The lowest BCUT2D eigenvalue weighted by Crippen LogP contribution is -2.42. The summed E-state index contributed by atoms with van der Waals surface area (Å²) in [6.07, 6.45) is 5.35. The maximum atomic E-state index is 6.22. The third-order valence-corrected chi connectivity index (χ3v) is 9.38. The molecule has 0 aromatic heterocycles. The summed E-state index contributed by atoms with van der Waals surface area (Å²) in [6.45, 7) is 4.91. The van der Waals surface area contributed by atoms with Crippen molar-refractivity contribution >= 4 is 17.1 Å². The third kappa shape index (κ3) is 4.91. The van der Waals surface area contributed by atoms with Gasteiger partial charge in [-0.1, -0.05) is 42.5 Å². The average Bonchev–Trinajstić information content (AvgIpc) is 3.55. The molecule has 0 saturated carbocycles. The van der Waals surface area contributed by atoms with E-state index in [1.165, 1.54) is 16.7 Å². The highest BCUT2D eigenvalue weighted by Gasteiger charge is 2.30. The van der Waals surface area contributed by atoms with E-state index in [4.69, 9.17) is 19.0 Å².